The molecule has 2 aromatic rings. The lowest BCUT2D eigenvalue weighted by Crippen LogP contribution is -2.46. The lowest BCUT2D eigenvalue weighted by atomic mass is 10.1. The van der Waals surface area contributed by atoms with Crippen LogP contribution in [0, 0.1) is 0 Å². The van der Waals surface area contributed by atoms with Crippen LogP contribution >= 0.6 is 0 Å². The van der Waals surface area contributed by atoms with Crippen LogP contribution in [0.5, 0.6) is 0 Å². The summed E-state index contributed by atoms with van der Waals surface area (Å²) in [5, 5.41) is 9.95. The smallest absolute Gasteiger partial charge is 0.388 e. The highest BCUT2D eigenvalue weighted by molar-refractivity contribution is 5.95. The van der Waals surface area contributed by atoms with Gasteiger partial charge >= 0.3 is 6.18 Å². The van der Waals surface area contributed by atoms with E-state index in [4.69, 9.17) is 4.74 Å². The number of nitrogens with zero attached hydrogens (tertiary/aromatic N) is 2. The van der Waals surface area contributed by atoms with Crippen LogP contribution in [0.25, 0.3) is 11.3 Å². The number of rotatable bonds is 4. The summed E-state index contributed by atoms with van der Waals surface area (Å²) < 4.78 is 43.7. The van der Waals surface area contributed by atoms with Crippen molar-refractivity contribution in [1.82, 2.24) is 9.88 Å². The van der Waals surface area contributed by atoms with Crippen molar-refractivity contribution in [3.63, 3.8) is 0 Å². The summed E-state index contributed by atoms with van der Waals surface area (Å²) in [5.74, 6) is -0.268. The van der Waals surface area contributed by atoms with Gasteiger partial charge < -0.3 is 14.7 Å². The standard InChI is InChI=1S/C19H19F3N2O3/c1-2-24(15-10-27-11-16(15)25)18(26)13-8-6-12(7-9-13)14-4-3-5-17(23-14)19(20,21)22/h3-9,15-16,25H,2,10-11H2,1H3/t15-,16-/m0/s1. The Kier molecular flexibility index (Phi) is 5.48. The fraction of sp³-hybridized carbons (Fsp3) is 0.368. The van der Waals surface area contributed by atoms with Crippen molar-refractivity contribution in [2.75, 3.05) is 19.8 Å². The molecule has 0 unspecified atom stereocenters. The molecule has 0 spiro atoms. The van der Waals surface area contributed by atoms with Gasteiger partial charge in [-0.2, -0.15) is 13.2 Å². The molecule has 0 saturated carbocycles. The van der Waals surface area contributed by atoms with E-state index in [9.17, 15) is 23.1 Å². The van der Waals surface area contributed by atoms with E-state index in [0.717, 1.165) is 6.07 Å². The summed E-state index contributed by atoms with van der Waals surface area (Å²) in [6.45, 7) is 2.67. The molecular weight excluding hydrogens is 361 g/mol. The number of hydrogen-bond donors (Lipinski definition) is 1. The third kappa shape index (κ3) is 4.12. The Morgan fingerprint density at radius 2 is 1.93 bits per heavy atom. The number of likely N-dealkylation sites (N-methyl/N-ethyl adjacent to an activating group) is 1. The Morgan fingerprint density at radius 3 is 2.48 bits per heavy atom. The van der Waals surface area contributed by atoms with Gasteiger partial charge in [-0.15, -0.1) is 0 Å². The highest BCUT2D eigenvalue weighted by Gasteiger charge is 2.34. The second kappa shape index (κ2) is 7.66. The summed E-state index contributed by atoms with van der Waals surface area (Å²) in [7, 11) is 0. The maximum atomic E-state index is 12.8. The van der Waals surface area contributed by atoms with E-state index >= 15 is 0 Å². The Hall–Kier alpha value is -2.45. The summed E-state index contributed by atoms with van der Waals surface area (Å²) in [6, 6.07) is 9.49. The van der Waals surface area contributed by atoms with Gasteiger partial charge in [-0.1, -0.05) is 18.2 Å². The number of alkyl halides is 3. The van der Waals surface area contributed by atoms with E-state index in [1.807, 2.05) is 6.92 Å². The minimum atomic E-state index is -4.52. The molecule has 1 N–H and O–H groups in total. The zero-order valence-corrected chi connectivity index (χ0v) is 14.6. The lowest BCUT2D eigenvalue weighted by Gasteiger charge is -2.28. The van der Waals surface area contributed by atoms with Gasteiger partial charge in [0.1, 0.15) is 5.69 Å². The lowest BCUT2D eigenvalue weighted by molar-refractivity contribution is -0.141. The van der Waals surface area contributed by atoms with Crippen LogP contribution in [-0.4, -0.2) is 52.8 Å². The Labute approximate surface area is 154 Å². The molecule has 1 aromatic heterocycles. The number of ether oxygens (including phenoxy) is 1. The van der Waals surface area contributed by atoms with Crippen LogP contribution in [0.4, 0.5) is 13.2 Å². The van der Waals surface area contributed by atoms with Gasteiger partial charge in [0.15, 0.2) is 0 Å². The first-order chi connectivity index (χ1) is 12.8. The molecule has 0 bridgehead atoms. The Morgan fingerprint density at radius 1 is 1.22 bits per heavy atom. The molecule has 1 aliphatic rings. The van der Waals surface area contributed by atoms with Gasteiger partial charge in [-0.05, 0) is 31.2 Å². The minimum Gasteiger partial charge on any atom is -0.388 e. The number of aromatic nitrogens is 1. The molecule has 1 fully saturated rings. The molecule has 8 heteroatoms. The molecular formula is C19H19F3N2O3. The second-order valence-electron chi connectivity index (χ2n) is 6.25. The fourth-order valence-corrected chi connectivity index (χ4v) is 3.06. The zero-order chi connectivity index (χ0) is 19.6. The van der Waals surface area contributed by atoms with Crippen LogP contribution < -0.4 is 0 Å². The molecule has 2 atom stereocenters. The first kappa shape index (κ1) is 19.3. The van der Waals surface area contributed by atoms with E-state index in [2.05, 4.69) is 4.98 Å². The number of carbonyl (C=O) groups is 1. The van der Waals surface area contributed by atoms with Gasteiger partial charge in [0, 0.05) is 17.7 Å². The van der Waals surface area contributed by atoms with E-state index < -0.39 is 24.0 Å². The predicted octanol–water partition coefficient (Wildman–Crippen LogP) is 2.99. The predicted molar refractivity (Wildman–Crippen MR) is 92.0 cm³/mol. The van der Waals surface area contributed by atoms with Crippen molar-refractivity contribution in [3.05, 3.63) is 53.7 Å². The molecule has 1 saturated heterocycles. The van der Waals surface area contributed by atoms with Gasteiger partial charge in [-0.25, -0.2) is 4.98 Å². The molecule has 2 heterocycles. The monoisotopic (exact) mass is 380 g/mol. The van der Waals surface area contributed by atoms with Gasteiger partial charge in [0.25, 0.3) is 5.91 Å². The fourth-order valence-electron chi connectivity index (χ4n) is 3.06. The first-order valence-electron chi connectivity index (χ1n) is 8.52. The summed E-state index contributed by atoms with van der Waals surface area (Å²) in [6.07, 6.45) is -5.25. The van der Waals surface area contributed by atoms with E-state index in [1.54, 1.807) is 24.3 Å². The number of amides is 1. The molecule has 0 radical (unpaired) electrons. The van der Waals surface area contributed by atoms with E-state index in [1.165, 1.54) is 17.0 Å². The topological polar surface area (TPSA) is 62.7 Å². The number of benzene rings is 1. The van der Waals surface area contributed by atoms with Gasteiger partial charge in [0.05, 0.1) is 31.1 Å². The van der Waals surface area contributed by atoms with Crippen molar-refractivity contribution in [3.8, 4) is 11.3 Å². The van der Waals surface area contributed by atoms with Crippen LogP contribution in [-0.2, 0) is 10.9 Å². The Balaban J connectivity index is 1.82. The summed E-state index contributed by atoms with van der Waals surface area (Å²) in [4.78, 5) is 17.9. The number of carbonyl (C=O) groups excluding carboxylic acids is 1. The molecule has 144 valence electrons. The third-order valence-electron chi connectivity index (χ3n) is 4.49. The molecule has 1 aromatic carbocycles. The van der Waals surface area contributed by atoms with Crippen molar-refractivity contribution in [1.29, 1.82) is 0 Å². The molecule has 1 amide bonds. The number of aliphatic hydroxyl groups excluding tert-OH is 1. The average Bonchev–Trinajstić information content (AvgIpc) is 3.08. The largest absolute Gasteiger partial charge is 0.433 e. The van der Waals surface area contributed by atoms with E-state index in [-0.39, 0.29) is 24.8 Å². The van der Waals surface area contributed by atoms with Crippen molar-refractivity contribution >= 4 is 5.91 Å². The summed E-state index contributed by atoms with van der Waals surface area (Å²) >= 11 is 0. The quantitative estimate of drug-likeness (QED) is 0.886. The third-order valence-corrected chi connectivity index (χ3v) is 4.49. The molecule has 5 nitrogen and oxygen atoms in total. The van der Waals surface area contributed by atoms with Gasteiger partial charge in [0.2, 0.25) is 0 Å². The number of aliphatic hydroxyl groups is 1. The Bertz CT molecular complexity index is 809. The number of pyridine rings is 1. The van der Waals surface area contributed by atoms with E-state index in [0.29, 0.717) is 17.7 Å². The number of hydrogen-bond acceptors (Lipinski definition) is 4. The van der Waals surface area contributed by atoms with Gasteiger partial charge in [-0.3, -0.25) is 4.79 Å². The van der Waals surface area contributed by atoms with Crippen LogP contribution in [0.2, 0.25) is 0 Å². The van der Waals surface area contributed by atoms with Crippen LogP contribution in [0.15, 0.2) is 42.5 Å². The molecule has 1 aliphatic heterocycles. The minimum absolute atomic E-state index is 0.177. The second-order valence-corrected chi connectivity index (χ2v) is 6.25. The highest BCUT2D eigenvalue weighted by Crippen LogP contribution is 2.29. The van der Waals surface area contributed by atoms with Crippen LogP contribution in [0.3, 0.4) is 0 Å². The van der Waals surface area contributed by atoms with Crippen LogP contribution in [0.1, 0.15) is 23.0 Å². The average molecular weight is 380 g/mol. The SMILES string of the molecule is CCN(C(=O)c1ccc(-c2cccc(C(F)(F)F)n2)cc1)[C@H]1COC[C@@H]1O. The first-order valence-corrected chi connectivity index (χ1v) is 8.52. The zero-order valence-electron chi connectivity index (χ0n) is 14.6. The highest BCUT2D eigenvalue weighted by atomic mass is 19.4. The van der Waals surface area contributed by atoms with Crippen molar-refractivity contribution in [2.45, 2.75) is 25.2 Å². The maximum Gasteiger partial charge on any atom is 0.433 e. The normalized spacial score (nSPS) is 19.9. The van der Waals surface area contributed by atoms with Crippen molar-refractivity contribution < 1.29 is 27.8 Å². The van der Waals surface area contributed by atoms with Crippen molar-refractivity contribution in [2.24, 2.45) is 0 Å². The summed E-state index contributed by atoms with van der Waals surface area (Å²) in [5.41, 5.74) is 0.0694. The molecule has 27 heavy (non-hydrogen) atoms. The molecule has 0 aliphatic carbocycles. The molecule has 3 rings (SSSR count). The maximum absolute atomic E-state index is 12.8. The number of halogens is 3.